The van der Waals surface area contributed by atoms with Crippen molar-refractivity contribution < 1.29 is 9.47 Å². The topological polar surface area (TPSA) is 43.4 Å². The minimum absolute atomic E-state index is 0. The van der Waals surface area contributed by atoms with E-state index >= 15 is 0 Å². The van der Waals surface area contributed by atoms with E-state index in [1.54, 1.807) is 36.9 Å². The fourth-order valence-corrected chi connectivity index (χ4v) is 4.02. The molecule has 0 saturated carbocycles. The van der Waals surface area contributed by atoms with E-state index < -0.39 is 0 Å². The normalized spacial score (nSPS) is 11.6. The third-order valence-corrected chi connectivity index (χ3v) is 5.41. The van der Waals surface area contributed by atoms with Crippen molar-refractivity contribution >= 4 is 35.1 Å². The Hall–Kier alpha value is -1.60. The zero-order chi connectivity index (χ0) is 16.8. The van der Waals surface area contributed by atoms with Crippen LogP contribution in [0.2, 0.25) is 0 Å². The van der Waals surface area contributed by atoms with Crippen LogP contribution in [0.25, 0.3) is 0 Å². The molecule has 1 unspecified atom stereocenters. The van der Waals surface area contributed by atoms with Crippen molar-refractivity contribution in [3.05, 3.63) is 62.7 Å². The SMILES string of the molecule is COc1cccc(CNC(Cc2ccsc2)c2nccs2)c1OC.Cl. The van der Waals surface area contributed by atoms with Crippen molar-refractivity contribution in [3.63, 3.8) is 0 Å². The first-order valence-electron chi connectivity index (χ1n) is 7.65. The van der Waals surface area contributed by atoms with E-state index in [1.807, 2.05) is 23.7 Å². The highest BCUT2D eigenvalue weighted by molar-refractivity contribution is 7.09. The smallest absolute Gasteiger partial charge is 0.165 e. The Morgan fingerprint density at radius 1 is 1.16 bits per heavy atom. The Labute approximate surface area is 162 Å². The van der Waals surface area contributed by atoms with Crippen LogP contribution in [-0.4, -0.2) is 19.2 Å². The van der Waals surface area contributed by atoms with Gasteiger partial charge in [0.25, 0.3) is 0 Å². The molecule has 1 atom stereocenters. The standard InChI is InChI=1S/C18H20N2O2S2.ClH/c1-21-16-5-3-4-14(17(16)22-2)11-20-15(18-19-7-9-24-18)10-13-6-8-23-12-13;/h3-9,12,15,20H,10-11H2,1-2H3;1H. The molecule has 1 N–H and O–H groups in total. The third-order valence-electron chi connectivity index (χ3n) is 3.79. The van der Waals surface area contributed by atoms with Crippen LogP contribution in [0.15, 0.2) is 46.6 Å². The lowest BCUT2D eigenvalue weighted by molar-refractivity contribution is 0.349. The third kappa shape index (κ3) is 4.95. The maximum absolute atomic E-state index is 5.52. The molecule has 4 nitrogen and oxygen atoms in total. The van der Waals surface area contributed by atoms with E-state index in [0.717, 1.165) is 28.5 Å². The summed E-state index contributed by atoms with van der Waals surface area (Å²) in [5.74, 6) is 1.53. The van der Waals surface area contributed by atoms with E-state index in [9.17, 15) is 0 Å². The number of nitrogens with zero attached hydrogens (tertiary/aromatic N) is 1. The number of benzene rings is 1. The quantitative estimate of drug-likeness (QED) is 0.598. The van der Waals surface area contributed by atoms with E-state index in [4.69, 9.17) is 9.47 Å². The predicted octanol–water partition coefficient (Wildman–Crippen LogP) is 4.72. The lowest BCUT2D eigenvalue weighted by atomic mass is 10.1. The van der Waals surface area contributed by atoms with Crippen LogP contribution in [0.3, 0.4) is 0 Å². The molecule has 2 aromatic heterocycles. The molecule has 25 heavy (non-hydrogen) atoms. The first kappa shape index (κ1) is 19.7. The molecule has 1 aromatic carbocycles. The van der Waals surface area contributed by atoms with Crippen molar-refractivity contribution in [3.8, 4) is 11.5 Å². The second-order valence-corrected chi connectivity index (χ2v) is 7.00. The number of halogens is 1. The van der Waals surface area contributed by atoms with Gasteiger partial charge in [0.15, 0.2) is 11.5 Å². The number of nitrogens with one attached hydrogen (secondary N) is 1. The van der Waals surface area contributed by atoms with Crippen LogP contribution in [0, 0.1) is 0 Å². The summed E-state index contributed by atoms with van der Waals surface area (Å²) in [5, 5.41) is 11.0. The second-order valence-electron chi connectivity index (χ2n) is 5.29. The van der Waals surface area contributed by atoms with Crippen LogP contribution < -0.4 is 14.8 Å². The predicted molar refractivity (Wildman–Crippen MR) is 107 cm³/mol. The average Bonchev–Trinajstić information content (AvgIpc) is 3.31. The number of aromatic nitrogens is 1. The second kappa shape index (κ2) is 9.77. The minimum Gasteiger partial charge on any atom is -0.493 e. The molecular formula is C18H21ClN2O2S2. The first-order chi connectivity index (χ1) is 11.8. The van der Waals surface area contributed by atoms with Gasteiger partial charge in [-0.3, -0.25) is 0 Å². The van der Waals surface area contributed by atoms with Gasteiger partial charge >= 0.3 is 0 Å². The molecule has 0 aliphatic rings. The number of rotatable bonds is 8. The Bertz CT molecular complexity index is 749. The molecule has 134 valence electrons. The number of ether oxygens (including phenoxy) is 2. The van der Waals surface area contributed by atoms with Crippen molar-refractivity contribution in [2.45, 2.75) is 19.0 Å². The Kier molecular flexibility index (Phi) is 7.71. The summed E-state index contributed by atoms with van der Waals surface area (Å²) in [5.41, 5.74) is 2.40. The zero-order valence-electron chi connectivity index (χ0n) is 14.1. The molecular weight excluding hydrogens is 376 g/mol. The molecule has 0 spiro atoms. The van der Waals surface area contributed by atoms with Crippen LogP contribution in [-0.2, 0) is 13.0 Å². The van der Waals surface area contributed by atoms with Gasteiger partial charge in [-0.15, -0.1) is 23.7 Å². The van der Waals surface area contributed by atoms with Crippen LogP contribution in [0.1, 0.15) is 22.2 Å². The van der Waals surface area contributed by atoms with Crippen molar-refractivity contribution in [1.82, 2.24) is 10.3 Å². The Balaban J connectivity index is 0.00000225. The number of thiophene rings is 1. The van der Waals surface area contributed by atoms with Gasteiger partial charge < -0.3 is 14.8 Å². The molecule has 2 heterocycles. The number of methoxy groups -OCH3 is 2. The van der Waals surface area contributed by atoms with Gasteiger partial charge in [-0.05, 0) is 34.9 Å². The lowest BCUT2D eigenvalue weighted by Gasteiger charge is -2.18. The molecule has 0 aliphatic carbocycles. The molecule has 0 aliphatic heterocycles. The summed E-state index contributed by atoms with van der Waals surface area (Å²) in [6, 6.07) is 8.29. The fraction of sp³-hybridized carbons (Fsp3) is 0.278. The van der Waals surface area contributed by atoms with Gasteiger partial charge in [0.1, 0.15) is 5.01 Å². The number of hydrogen-bond donors (Lipinski definition) is 1. The summed E-state index contributed by atoms with van der Waals surface area (Å²) >= 11 is 3.40. The summed E-state index contributed by atoms with van der Waals surface area (Å²) in [6.07, 6.45) is 2.78. The van der Waals surface area contributed by atoms with Crippen LogP contribution in [0.5, 0.6) is 11.5 Å². The molecule has 0 amide bonds. The van der Waals surface area contributed by atoms with Crippen LogP contribution in [0.4, 0.5) is 0 Å². The Morgan fingerprint density at radius 2 is 2.04 bits per heavy atom. The van der Waals surface area contributed by atoms with E-state index in [1.165, 1.54) is 5.56 Å². The minimum atomic E-state index is 0. The van der Waals surface area contributed by atoms with Crippen molar-refractivity contribution in [1.29, 1.82) is 0 Å². The highest BCUT2D eigenvalue weighted by atomic mass is 35.5. The largest absolute Gasteiger partial charge is 0.493 e. The van der Waals surface area contributed by atoms with Gasteiger partial charge in [0.2, 0.25) is 0 Å². The molecule has 0 fully saturated rings. The van der Waals surface area contributed by atoms with Crippen molar-refractivity contribution in [2.24, 2.45) is 0 Å². The molecule has 0 saturated heterocycles. The zero-order valence-corrected chi connectivity index (χ0v) is 16.5. The number of hydrogen-bond acceptors (Lipinski definition) is 6. The summed E-state index contributed by atoms with van der Waals surface area (Å²) in [6.45, 7) is 0.689. The van der Waals surface area contributed by atoms with E-state index in [-0.39, 0.29) is 18.4 Å². The highest BCUT2D eigenvalue weighted by Crippen LogP contribution is 2.31. The Morgan fingerprint density at radius 3 is 2.68 bits per heavy atom. The van der Waals surface area contributed by atoms with Gasteiger partial charge in [0, 0.05) is 23.7 Å². The van der Waals surface area contributed by atoms with Crippen LogP contribution >= 0.6 is 35.1 Å². The van der Waals surface area contributed by atoms with Crippen molar-refractivity contribution in [2.75, 3.05) is 14.2 Å². The first-order valence-corrected chi connectivity index (χ1v) is 9.47. The van der Waals surface area contributed by atoms with Gasteiger partial charge in [-0.25, -0.2) is 4.98 Å². The van der Waals surface area contributed by atoms with Gasteiger partial charge in [-0.2, -0.15) is 11.3 Å². The molecule has 0 bridgehead atoms. The summed E-state index contributed by atoms with van der Waals surface area (Å²) in [4.78, 5) is 4.49. The maximum Gasteiger partial charge on any atom is 0.165 e. The van der Waals surface area contributed by atoms with Gasteiger partial charge in [0.05, 0.1) is 20.3 Å². The van der Waals surface area contributed by atoms with E-state index in [2.05, 4.69) is 33.2 Å². The average molecular weight is 397 g/mol. The molecule has 7 heteroatoms. The summed E-state index contributed by atoms with van der Waals surface area (Å²) in [7, 11) is 3.33. The number of thiazole rings is 1. The molecule has 3 aromatic rings. The lowest BCUT2D eigenvalue weighted by Crippen LogP contribution is -2.23. The summed E-state index contributed by atoms with van der Waals surface area (Å²) < 4.78 is 10.9. The fourth-order valence-electron chi connectivity index (χ4n) is 2.62. The molecule has 3 rings (SSSR count). The maximum atomic E-state index is 5.52. The van der Waals surface area contributed by atoms with E-state index in [0.29, 0.717) is 6.54 Å². The monoisotopic (exact) mass is 396 g/mol. The molecule has 0 radical (unpaired) electrons. The van der Waals surface area contributed by atoms with Gasteiger partial charge in [-0.1, -0.05) is 12.1 Å². The number of para-hydroxylation sites is 1. The highest BCUT2D eigenvalue weighted by Gasteiger charge is 2.17.